The summed E-state index contributed by atoms with van der Waals surface area (Å²) in [7, 11) is 1.73. The third-order valence-electron chi connectivity index (χ3n) is 4.47. The Hall–Kier alpha value is -1.62. The van der Waals surface area contributed by atoms with Gasteiger partial charge in [0.05, 0.1) is 18.2 Å². The van der Waals surface area contributed by atoms with E-state index < -0.39 is 0 Å². The van der Waals surface area contributed by atoms with Crippen LogP contribution in [0.25, 0.3) is 0 Å². The van der Waals surface area contributed by atoms with Crippen LogP contribution in [0.5, 0.6) is 0 Å². The largest absolute Gasteiger partial charge is 0.379 e. The van der Waals surface area contributed by atoms with E-state index in [1.54, 1.807) is 13.2 Å². The molecule has 2 aliphatic rings. The quantitative estimate of drug-likeness (QED) is 0.902. The molecule has 1 saturated carbocycles. The third-order valence-corrected chi connectivity index (χ3v) is 4.47. The first-order valence-electron chi connectivity index (χ1n) is 7.06. The molecule has 0 amide bonds. The predicted molar refractivity (Wildman–Crippen MR) is 77.4 cm³/mol. The number of benzene rings is 1. The third kappa shape index (κ3) is 1.97. The molecule has 0 aromatic heterocycles. The van der Waals surface area contributed by atoms with Crippen LogP contribution >= 0.6 is 0 Å². The van der Waals surface area contributed by atoms with Gasteiger partial charge in [0.2, 0.25) is 0 Å². The SMILES string of the molecule is COC1CCCCC12CN=C(N)N2c1cccc(F)c1. The number of hydrogen-bond donors (Lipinski definition) is 1. The summed E-state index contributed by atoms with van der Waals surface area (Å²) in [6.45, 7) is 0.619. The second-order valence-electron chi connectivity index (χ2n) is 5.56. The van der Waals surface area contributed by atoms with Gasteiger partial charge in [-0.2, -0.15) is 0 Å². The Bertz CT molecular complexity index is 534. The molecule has 1 aliphatic carbocycles. The first-order chi connectivity index (χ1) is 9.67. The minimum Gasteiger partial charge on any atom is -0.379 e. The molecule has 2 N–H and O–H groups in total. The zero-order chi connectivity index (χ0) is 14.2. The average Bonchev–Trinajstić information content (AvgIpc) is 2.77. The number of halogens is 1. The second-order valence-corrected chi connectivity index (χ2v) is 5.56. The number of hydrogen-bond acceptors (Lipinski definition) is 4. The Morgan fingerprint density at radius 1 is 1.45 bits per heavy atom. The highest BCUT2D eigenvalue weighted by Crippen LogP contribution is 2.41. The van der Waals surface area contributed by atoms with Gasteiger partial charge >= 0.3 is 0 Å². The summed E-state index contributed by atoms with van der Waals surface area (Å²) in [4.78, 5) is 6.39. The summed E-state index contributed by atoms with van der Waals surface area (Å²) in [6.07, 6.45) is 4.30. The van der Waals surface area contributed by atoms with Crippen molar-refractivity contribution in [2.45, 2.75) is 37.3 Å². The summed E-state index contributed by atoms with van der Waals surface area (Å²) in [5.74, 6) is 0.196. The molecule has 20 heavy (non-hydrogen) atoms. The lowest BCUT2D eigenvalue weighted by atomic mass is 9.78. The van der Waals surface area contributed by atoms with Crippen molar-refractivity contribution in [1.29, 1.82) is 0 Å². The van der Waals surface area contributed by atoms with Gasteiger partial charge in [0.15, 0.2) is 5.96 Å². The molecule has 1 aromatic carbocycles. The first-order valence-corrected chi connectivity index (χ1v) is 7.06. The van der Waals surface area contributed by atoms with E-state index in [2.05, 4.69) is 4.99 Å². The second kappa shape index (κ2) is 5.05. The zero-order valence-electron chi connectivity index (χ0n) is 11.7. The molecule has 1 heterocycles. The number of methoxy groups -OCH3 is 1. The van der Waals surface area contributed by atoms with E-state index in [0.29, 0.717) is 12.5 Å². The number of anilines is 1. The molecule has 3 rings (SSSR count). The fourth-order valence-corrected chi connectivity index (χ4v) is 3.56. The summed E-state index contributed by atoms with van der Waals surface area (Å²) < 4.78 is 19.2. The summed E-state index contributed by atoms with van der Waals surface area (Å²) in [6, 6.07) is 6.53. The Morgan fingerprint density at radius 2 is 2.30 bits per heavy atom. The number of aliphatic imine (C=N–C) groups is 1. The highest BCUT2D eigenvalue weighted by molar-refractivity contribution is 5.98. The van der Waals surface area contributed by atoms with Crippen molar-refractivity contribution in [2.24, 2.45) is 10.7 Å². The lowest BCUT2D eigenvalue weighted by molar-refractivity contribution is 0.0143. The van der Waals surface area contributed by atoms with E-state index in [1.165, 1.54) is 12.1 Å². The molecule has 0 radical (unpaired) electrons. The van der Waals surface area contributed by atoms with Crippen molar-refractivity contribution < 1.29 is 9.13 Å². The Labute approximate surface area is 118 Å². The maximum absolute atomic E-state index is 13.5. The van der Waals surface area contributed by atoms with E-state index >= 15 is 0 Å². The van der Waals surface area contributed by atoms with E-state index in [4.69, 9.17) is 10.5 Å². The number of rotatable bonds is 2. The molecule has 4 nitrogen and oxygen atoms in total. The average molecular weight is 277 g/mol. The molecule has 1 aromatic rings. The highest BCUT2D eigenvalue weighted by Gasteiger charge is 2.50. The number of nitrogens with zero attached hydrogens (tertiary/aromatic N) is 2. The van der Waals surface area contributed by atoms with Crippen LogP contribution < -0.4 is 10.6 Å². The minimum absolute atomic E-state index is 0.0734. The van der Waals surface area contributed by atoms with Crippen molar-refractivity contribution in [3.63, 3.8) is 0 Å². The summed E-state index contributed by atoms with van der Waals surface area (Å²) in [5.41, 5.74) is 6.58. The van der Waals surface area contributed by atoms with Gasteiger partial charge < -0.3 is 15.4 Å². The van der Waals surface area contributed by atoms with Gasteiger partial charge in [0, 0.05) is 12.8 Å². The molecule has 2 unspecified atom stereocenters. The standard InChI is InChI=1S/C15H20FN3O/c1-20-13-7-2-3-8-15(13)10-18-14(17)19(15)12-6-4-5-11(16)9-12/h4-6,9,13H,2-3,7-8,10H2,1H3,(H2,17,18). The fourth-order valence-electron chi connectivity index (χ4n) is 3.56. The zero-order valence-corrected chi connectivity index (χ0v) is 11.7. The molecule has 1 aliphatic heterocycles. The molecule has 5 heteroatoms. The van der Waals surface area contributed by atoms with Gasteiger partial charge in [-0.05, 0) is 31.0 Å². The van der Waals surface area contributed by atoms with E-state index in [9.17, 15) is 4.39 Å². The molecule has 0 saturated heterocycles. The van der Waals surface area contributed by atoms with E-state index in [0.717, 1.165) is 31.4 Å². The Balaban J connectivity index is 2.03. The monoisotopic (exact) mass is 277 g/mol. The molecular formula is C15H20FN3O. The van der Waals surface area contributed by atoms with Crippen molar-refractivity contribution >= 4 is 11.6 Å². The normalized spacial score (nSPS) is 29.8. The molecule has 1 fully saturated rings. The van der Waals surface area contributed by atoms with Crippen LogP contribution in [0.3, 0.4) is 0 Å². The van der Waals surface area contributed by atoms with E-state index in [1.807, 2.05) is 11.0 Å². The van der Waals surface area contributed by atoms with Crippen molar-refractivity contribution in [3.05, 3.63) is 30.1 Å². The summed E-state index contributed by atoms with van der Waals surface area (Å²) >= 11 is 0. The van der Waals surface area contributed by atoms with Crippen LogP contribution in [0.15, 0.2) is 29.3 Å². The molecular weight excluding hydrogens is 257 g/mol. The van der Waals surface area contributed by atoms with Gasteiger partial charge in [0.25, 0.3) is 0 Å². The van der Waals surface area contributed by atoms with Gasteiger partial charge in [-0.1, -0.05) is 18.9 Å². The van der Waals surface area contributed by atoms with Crippen LogP contribution in [0.2, 0.25) is 0 Å². The highest BCUT2D eigenvalue weighted by atomic mass is 19.1. The predicted octanol–water partition coefficient (Wildman–Crippen LogP) is 2.29. The van der Waals surface area contributed by atoms with Crippen LogP contribution in [0.1, 0.15) is 25.7 Å². The lowest BCUT2D eigenvalue weighted by Gasteiger charge is -2.46. The number of ether oxygens (including phenoxy) is 1. The van der Waals surface area contributed by atoms with Crippen LogP contribution in [-0.4, -0.2) is 31.3 Å². The van der Waals surface area contributed by atoms with E-state index in [-0.39, 0.29) is 17.5 Å². The Morgan fingerprint density at radius 3 is 3.05 bits per heavy atom. The van der Waals surface area contributed by atoms with Gasteiger partial charge in [0.1, 0.15) is 5.82 Å². The number of guanidine groups is 1. The van der Waals surface area contributed by atoms with Crippen molar-refractivity contribution in [1.82, 2.24) is 0 Å². The Kier molecular flexibility index (Phi) is 3.38. The lowest BCUT2D eigenvalue weighted by Crippen LogP contribution is -2.61. The molecule has 2 atom stereocenters. The smallest absolute Gasteiger partial charge is 0.196 e. The topological polar surface area (TPSA) is 50.9 Å². The van der Waals surface area contributed by atoms with Crippen LogP contribution in [0.4, 0.5) is 10.1 Å². The number of nitrogens with two attached hydrogens (primary N) is 1. The summed E-state index contributed by atoms with van der Waals surface area (Å²) in [5, 5.41) is 0. The van der Waals surface area contributed by atoms with Crippen molar-refractivity contribution in [2.75, 3.05) is 18.6 Å². The van der Waals surface area contributed by atoms with Crippen molar-refractivity contribution in [3.8, 4) is 0 Å². The van der Waals surface area contributed by atoms with Gasteiger partial charge in [-0.25, -0.2) is 4.39 Å². The fraction of sp³-hybridized carbons (Fsp3) is 0.533. The first kappa shape index (κ1) is 13.4. The minimum atomic E-state index is -0.262. The molecule has 1 spiro atoms. The maximum Gasteiger partial charge on any atom is 0.196 e. The van der Waals surface area contributed by atoms with Crippen LogP contribution in [-0.2, 0) is 4.74 Å². The molecule has 108 valence electrons. The van der Waals surface area contributed by atoms with Crippen LogP contribution in [0, 0.1) is 5.82 Å². The van der Waals surface area contributed by atoms with Gasteiger partial charge in [-0.15, -0.1) is 0 Å². The van der Waals surface area contributed by atoms with Gasteiger partial charge in [-0.3, -0.25) is 4.99 Å². The molecule has 0 bridgehead atoms. The maximum atomic E-state index is 13.5.